The minimum Gasteiger partial charge on any atom is -0.335 e. The molecule has 5 heterocycles. The van der Waals surface area contributed by atoms with Gasteiger partial charge in [-0.05, 0) is 61.2 Å². The Bertz CT molecular complexity index is 1350. The number of nitrogens with zero attached hydrogens (tertiary/aromatic N) is 5. The molecule has 1 aliphatic rings. The fourth-order valence-corrected chi connectivity index (χ4v) is 4.54. The van der Waals surface area contributed by atoms with Crippen LogP contribution in [0.1, 0.15) is 31.2 Å². The first-order chi connectivity index (χ1) is 15.8. The van der Waals surface area contributed by atoms with Crippen LogP contribution in [0.2, 0.25) is 0 Å². The minimum absolute atomic E-state index is 0.651. The van der Waals surface area contributed by atoms with Crippen LogP contribution in [0, 0.1) is 5.92 Å². The molecule has 1 fully saturated rings. The van der Waals surface area contributed by atoms with E-state index >= 15 is 0 Å². The second-order valence-electron chi connectivity index (χ2n) is 8.49. The van der Waals surface area contributed by atoms with Crippen molar-refractivity contribution in [3.63, 3.8) is 0 Å². The Morgan fingerprint density at radius 1 is 1.03 bits per heavy atom. The fraction of sp³-hybridized carbons (Fsp3) is 0.292. The average molecular weight is 425 g/mol. The number of pyridine rings is 3. The Hall–Kier alpha value is -3.65. The van der Waals surface area contributed by atoms with E-state index in [2.05, 4.69) is 41.5 Å². The number of nitrogens with one attached hydrogen (secondary N) is 3. The van der Waals surface area contributed by atoms with Crippen molar-refractivity contribution in [3.8, 4) is 22.8 Å². The van der Waals surface area contributed by atoms with Crippen molar-refractivity contribution in [2.75, 3.05) is 6.54 Å². The van der Waals surface area contributed by atoms with Crippen LogP contribution in [-0.4, -0.2) is 41.7 Å². The van der Waals surface area contributed by atoms with Gasteiger partial charge in [-0.3, -0.25) is 10.1 Å². The van der Waals surface area contributed by atoms with Crippen LogP contribution < -0.4 is 5.32 Å². The Balaban J connectivity index is 1.28. The summed E-state index contributed by atoms with van der Waals surface area (Å²) >= 11 is 0. The lowest BCUT2D eigenvalue weighted by Gasteiger charge is -2.11. The maximum absolute atomic E-state index is 4.90. The molecule has 5 aromatic heterocycles. The van der Waals surface area contributed by atoms with E-state index < -0.39 is 0 Å². The normalized spacial score (nSPS) is 14.6. The van der Waals surface area contributed by atoms with Gasteiger partial charge in [0.15, 0.2) is 17.2 Å². The van der Waals surface area contributed by atoms with E-state index in [0.717, 1.165) is 52.4 Å². The number of hydrogen-bond donors (Lipinski definition) is 3. The molecule has 3 N–H and O–H groups in total. The Kier molecular flexibility index (Phi) is 4.84. The van der Waals surface area contributed by atoms with Gasteiger partial charge >= 0.3 is 0 Å². The Morgan fingerprint density at radius 3 is 2.88 bits per heavy atom. The highest BCUT2D eigenvalue weighted by Crippen LogP contribution is 2.27. The predicted molar refractivity (Wildman–Crippen MR) is 124 cm³/mol. The maximum Gasteiger partial charge on any atom is 0.178 e. The number of hydrogen-bond acceptors (Lipinski definition) is 6. The third-order valence-corrected chi connectivity index (χ3v) is 6.22. The summed E-state index contributed by atoms with van der Waals surface area (Å²) in [6.45, 7) is 1.90. The number of aromatic nitrogens is 7. The van der Waals surface area contributed by atoms with Crippen LogP contribution >= 0.6 is 0 Å². The van der Waals surface area contributed by atoms with Gasteiger partial charge in [0, 0.05) is 30.7 Å². The first kappa shape index (κ1) is 19.1. The van der Waals surface area contributed by atoms with Gasteiger partial charge in [0.05, 0.1) is 16.7 Å². The van der Waals surface area contributed by atoms with Crippen molar-refractivity contribution >= 4 is 22.2 Å². The van der Waals surface area contributed by atoms with E-state index in [1.165, 1.54) is 25.7 Å². The lowest BCUT2D eigenvalue weighted by molar-refractivity contribution is 0.489. The molecule has 0 unspecified atom stereocenters. The molecular formula is C24H24N8. The van der Waals surface area contributed by atoms with Crippen molar-refractivity contribution in [3.05, 3.63) is 54.5 Å². The second-order valence-corrected chi connectivity index (χ2v) is 8.49. The minimum atomic E-state index is 0.651. The van der Waals surface area contributed by atoms with E-state index in [4.69, 9.17) is 4.98 Å². The summed E-state index contributed by atoms with van der Waals surface area (Å²) in [5.41, 5.74) is 6.87. The highest BCUT2D eigenvalue weighted by molar-refractivity contribution is 5.90. The molecule has 8 heteroatoms. The zero-order valence-corrected chi connectivity index (χ0v) is 17.7. The van der Waals surface area contributed by atoms with Crippen LogP contribution in [-0.2, 0) is 6.54 Å². The molecule has 8 nitrogen and oxygen atoms in total. The summed E-state index contributed by atoms with van der Waals surface area (Å²) in [6, 6.07) is 9.99. The van der Waals surface area contributed by atoms with Gasteiger partial charge in [-0.15, -0.1) is 0 Å². The van der Waals surface area contributed by atoms with Crippen molar-refractivity contribution in [1.82, 2.24) is 40.4 Å². The maximum atomic E-state index is 4.90. The van der Waals surface area contributed by atoms with Crippen LogP contribution in [0.4, 0.5) is 0 Å². The molecule has 6 rings (SSSR count). The smallest absolute Gasteiger partial charge is 0.178 e. The summed E-state index contributed by atoms with van der Waals surface area (Å²) in [6.07, 6.45) is 11.0. The topological polar surface area (TPSA) is 108 Å². The van der Waals surface area contributed by atoms with Crippen molar-refractivity contribution in [1.29, 1.82) is 0 Å². The molecule has 0 aliphatic heterocycles. The highest BCUT2D eigenvalue weighted by atomic mass is 15.2. The lowest BCUT2D eigenvalue weighted by Crippen LogP contribution is -2.20. The second kappa shape index (κ2) is 8.12. The van der Waals surface area contributed by atoms with Crippen LogP contribution in [0.25, 0.3) is 45.0 Å². The van der Waals surface area contributed by atoms with Crippen LogP contribution in [0.3, 0.4) is 0 Å². The number of rotatable bonds is 6. The molecule has 0 radical (unpaired) electrons. The Labute approximate surface area is 184 Å². The van der Waals surface area contributed by atoms with Gasteiger partial charge in [0.25, 0.3) is 0 Å². The standard InChI is InChI=1S/C24H24N8/c1-2-5-15(4-1)11-25-12-16-10-17(14-26-13-16)18-7-8-19-21(28-18)22(32-31-19)24-29-20-6-3-9-27-23(20)30-24/h3,6-10,13-15,25H,1-2,4-5,11-12H2,(H,31,32)(H,27,29,30). The van der Waals surface area contributed by atoms with Crippen LogP contribution in [0.5, 0.6) is 0 Å². The molecule has 1 aliphatic carbocycles. The van der Waals surface area contributed by atoms with E-state index in [1.54, 1.807) is 6.20 Å². The average Bonchev–Trinajstić information content (AvgIpc) is 3.58. The largest absolute Gasteiger partial charge is 0.335 e. The Morgan fingerprint density at radius 2 is 1.97 bits per heavy atom. The van der Waals surface area contributed by atoms with Gasteiger partial charge in [0.1, 0.15) is 5.52 Å². The molecule has 1 saturated carbocycles. The lowest BCUT2D eigenvalue weighted by atomic mass is 10.1. The SMILES string of the molecule is c1cnc2nc(-c3n[nH]c4ccc(-c5cncc(CNCC6CCCC6)c5)nc34)[nH]c2c1. The van der Waals surface area contributed by atoms with Gasteiger partial charge in [-0.1, -0.05) is 12.8 Å². The number of aromatic amines is 2. The van der Waals surface area contributed by atoms with Crippen LogP contribution in [0.15, 0.2) is 48.9 Å². The van der Waals surface area contributed by atoms with E-state index in [0.29, 0.717) is 17.2 Å². The summed E-state index contributed by atoms with van der Waals surface area (Å²) in [7, 11) is 0. The van der Waals surface area contributed by atoms with Gasteiger partial charge in [0.2, 0.25) is 0 Å². The monoisotopic (exact) mass is 424 g/mol. The van der Waals surface area contributed by atoms with Gasteiger partial charge in [-0.25, -0.2) is 15.0 Å². The summed E-state index contributed by atoms with van der Waals surface area (Å²) in [5.74, 6) is 1.47. The third-order valence-electron chi connectivity index (χ3n) is 6.22. The van der Waals surface area contributed by atoms with Crippen molar-refractivity contribution in [2.24, 2.45) is 5.92 Å². The van der Waals surface area contributed by atoms with Crippen molar-refractivity contribution in [2.45, 2.75) is 32.2 Å². The summed E-state index contributed by atoms with van der Waals surface area (Å²) in [5, 5.41) is 11.1. The highest BCUT2D eigenvalue weighted by Gasteiger charge is 2.16. The molecule has 0 spiro atoms. The number of H-pyrrole nitrogens is 2. The molecule has 32 heavy (non-hydrogen) atoms. The van der Waals surface area contributed by atoms with Gasteiger partial charge in [-0.2, -0.15) is 5.10 Å². The summed E-state index contributed by atoms with van der Waals surface area (Å²) in [4.78, 5) is 21.5. The number of imidazole rings is 1. The number of fused-ring (bicyclic) bond motifs is 2. The molecule has 0 atom stereocenters. The molecule has 0 saturated heterocycles. The van der Waals surface area contributed by atoms with E-state index in [-0.39, 0.29) is 0 Å². The summed E-state index contributed by atoms with van der Waals surface area (Å²) < 4.78 is 0. The fourth-order valence-electron chi connectivity index (χ4n) is 4.54. The van der Waals surface area contributed by atoms with Crippen molar-refractivity contribution < 1.29 is 0 Å². The zero-order chi connectivity index (χ0) is 21.3. The first-order valence-corrected chi connectivity index (χ1v) is 11.1. The third kappa shape index (κ3) is 3.62. The predicted octanol–water partition coefficient (Wildman–Crippen LogP) is 4.24. The molecule has 0 amide bonds. The molecule has 0 bridgehead atoms. The zero-order valence-electron chi connectivity index (χ0n) is 17.7. The van der Waals surface area contributed by atoms with E-state index in [9.17, 15) is 0 Å². The first-order valence-electron chi connectivity index (χ1n) is 11.1. The quantitative estimate of drug-likeness (QED) is 0.376. The van der Waals surface area contributed by atoms with E-state index in [1.807, 2.05) is 36.7 Å². The van der Waals surface area contributed by atoms with Gasteiger partial charge < -0.3 is 10.3 Å². The molecule has 0 aromatic carbocycles. The molecule has 5 aromatic rings. The molecular weight excluding hydrogens is 400 g/mol. The molecule has 160 valence electrons.